The quantitative estimate of drug-likeness (QED) is 0.331. The third-order valence-electron chi connectivity index (χ3n) is 7.60. The topological polar surface area (TPSA) is 40.5 Å². The molecule has 35 heavy (non-hydrogen) atoms. The van der Waals surface area contributed by atoms with E-state index in [1.807, 2.05) is 18.2 Å². The van der Waals surface area contributed by atoms with E-state index in [9.17, 15) is 9.90 Å². The molecule has 0 radical (unpaired) electrons. The van der Waals surface area contributed by atoms with Gasteiger partial charge in [-0.25, -0.2) is 0 Å². The molecule has 0 saturated heterocycles. The number of hydrogen-bond acceptors (Lipinski definition) is 3. The predicted molar refractivity (Wildman–Crippen MR) is 143 cm³/mol. The van der Waals surface area contributed by atoms with Crippen LogP contribution in [0.1, 0.15) is 55.7 Å². The number of aliphatic hydroxyl groups is 1. The molecule has 3 nitrogen and oxygen atoms in total. The van der Waals surface area contributed by atoms with Crippen molar-refractivity contribution in [2.75, 3.05) is 0 Å². The van der Waals surface area contributed by atoms with Crippen molar-refractivity contribution in [3.8, 4) is 0 Å². The maximum atomic E-state index is 12.9. The van der Waals surface area contributed by atoms with Crippen LogP contribution in [0.4, 0.5) is 0 Å². The van der Waals surface area contributed by atoms with Crippen LogP contribution in [0, 0.1) is 11.8 Å². The molecule has 184 valence electrons. The van der Waals surface area contributed by atoms with E-state index in [1.54, 1.807) is 6.92 Å². The molecule has 1 fully saturated rings. The van der Waals surface area contributed by atoms with Crippen molar-refractivity contribution in [1.29, 1.82) is 0 Å². The number of hydrogen-bond donors (Lipinski definition) is 1. The van der Waals surface area contributed by atoms with E-state index in [4.69, 9.17) is 0 Å². The van der Waals surface area contributed by atoms with Crippen LogP contribution in [-0.2, 0) is 24.3 Å². The van der Waals surface area contributed by atoms with Gasteiger partial charge in [0.15, 0.2) is 0 Å². The average molecular weight is 470 g/mol. The first kappa shape index (κ1) is 25.3. The third kappa shape index (κ3) is 7.37. The van der Waals surface area contributed by atoms with E-state index >= 15 is 0 Å². The van der Waals surface area contributed by atoms with Gasteiger partial charge in [0.1, 0.15) is 5.78 Å². The molecule has 1 aliphatic rings. The van der Waals surface area contributed by atoms with Crippen LogP contribution in [0.25, 0.3) is 0 Å². The SMILES string of the molecule is CC(=O)[C@H](CC1CCCC1)[C@@H](O)[C@H](Cc1ccccc1)N(Cc1ccccc1)Cc1ccccc1. The minimum atomic E-state index is -0.722. The first-order valence-corrected chi connectivity index (χ1v) is 13.1. The Bertz CT molecular complexity index is 974. The van der Waals surface area contributed by atoms with Crippen LogP contribution in [0.2, 0.25) is 0 Å². The van der Waals surface area contributed by atoms with Crippen molar-refractivity contribution >= 4 is 5.78 Å². The number of carbonyl (C=O) groups is 1. The lowest BCUT2D eigenvalue weighted by atomic mass is 9.81. The average Bonchev–Trinajstić information content (AvgIpc) is 3.40. The lowest BCUT2D eigenvalue weighted by molar-refractivity contribution is -0.127. The molecule has 0 heterocycles. The van der Waals surface area contributed by atoms with Gasteiger partial charge in [-0.15, -0.1) is 0 Å². The summed E-state index contributed by atoms with van der Waals surface area (Å²) >= 11 is 0. The van der Waals surface area contributed by atoms with E-state index in [0.717, 1.165) is 19.5 Å². The Kier molecular flexibility index (Phi) is 9.28. The molecule has 0 spiro atoms. The number of aliphatic hydroxyl groups excluding tert-OH is 1. The molecular formula is C32H39NO2. The molecule has 0 amide bonds. The molecular weight excluding hydrogens is 430 g/mol. The van der Waals surface area contributed by atoms with E-state index in [1.165, 1.54) is 42.4 Å². The van der Waals surface area contributed by atoms with Gasteiger partial charge in [-0.1, -0.05) is 117 Å². The zero-order valence-electron chi connectivity index (χ0n) is 20.9. The molecule has 3 atom stereocenters. The highest BCUT2D eigenvalue weighted by atomic mass is 16.3. The Morgan fingerprint density at radius 3 is 1.71 bits per heavy atom. The monoisotopic (exact) mass is 469 g/mol. The second kappa shape index (κ2) is 12.8. The molecule has 1 N–H and O–H groups in total. The maximum absolute atomic E-state index is 12.9. The van der Waals surface area contributed by atoms with Gasteiger partial charge >= 0.3 is 0 Å². The standard InChI is InChI=1S/C32H39NO2/c1-25(34)30(21-26-15-11-12-16-26)32(35)31(22-27-13-5-2-6-14-27)33(23-28-17-7-3-8-18-28)24-29-19-9-4-10-20-29/h2-10,13-14,17-20,26,30-32,35H,11-12,15-16,21-24H2,1H3/t30-,31-,32+/m0/s1. The van der Waals surface area contributed by atoms with Crippen molar-refractivity contribution < 1.29 is 9.90 Å². The first-order chi connectivity index (χ1) is 17.1. The Hall–Kier alpha value is -2.75. The smallest absolute Gasteiger partial charge is 0.135 e. The molecule has 3 heteroatoms. The number of nitrogens with zero attached hydrogens (tertiary/aromatic N) is 1. The summed E-state index contributed by atoms with van der Waals surface area (Å²) in [7, 11) is 0. The first-order valence-electron chi connectivity index (χ1n) is 13.1. The number of rotatable bonds is 12. The van der Waals surface area contributed by atoms with Crippen molar-refractivity contribution in [2.24, 2.45) is 11.8 Å². The van der Waals surface area contributed by atoms with Crippen molar-refractivity contribution in [1.82, 2.24) is 4.90 Å². The minimum absolute atomic E-state index is 0.113. The van der Waals surface area contributed by atoms with E-state index in [0.29, 0.717) is 12.3 Å². The maximum Gasteiger partial charge on any atom is 0.135 e. The van der Waals surface area contributed by atoms with Gasteiger partial charge in [0.2, 0.25) is 0 Å². The summed E-state index contributed by atoms with van der Waals surface area (Å²) in [5.74, 6) is 0.329. The fourth-order valence-electron chi connectivity index (χ4n) is 5.67. The number of carbonyl (C=O) groups excluding carboxylic acids is 1. The summed E-state index contributed by atoms with van der Waals surface area (Å²) in [6.45, 7) is 3.11. The predicted octanol–water partition coefficient (Wildman–Crippen LogP) is 6.45. The van der Waals surface area contributed by atoms with Crippen molar-refractivity contribution in [3.63, 3.8) is 0 Å². The Labute approximate surface area is 210 Å². The molecule has 0 aromatic heterocycles. The van der Waals surface area contributed by atoms with Gasteiger partial charge in [0, 0.05) is 25.0 Å². The number of Topliss-reactive ketones (excluding diaryl/α,β-unsaturated/α-hetero) is 1. The molecule has 4 rings (SSSR count). The van der Waals surface area contributed by atoms with Crippen LogP contribution >= 0.6 is 0 Å². The summed E-state index contributed by atoms with van der Waals surface area (Å²) in [6.07, 6.45) is 5.62. The van der Waals surface area contributed by atoms with Crippen LogP contribution in [-0.4, -0.2) is 27.9 Å². The van der Waals surface area contributed by atoms with Gasteiger partial charge in [-0.2, -0.15) is 0 Å². The van der Waals surface area contributed by atoms with E-state index in [2.05, 4.69) is 77.7 Å². The van der Waals surface area contributed by atoms with Crippen LogP contribution in [0.3, 0.4) is 0 Å². The molecule has 3 aromatic carbocycles. The number of benzene rings is 3. The minimum Gasteiger partial charge on any atom is -0.391 e. The van der Waals surface area contributed by atoms with Gasteiger partial charge < -0.3 is 5.11 Å². The van der Waals surface area contributed by atoms with Gasteiger partial charge in [-0.05, 0) is 42.4 Å². The fraction of sp³-hybridized carbons (Fsp3) is 0.406. The summed E-state index contributed by atoms with van der Waals surface area (Å²) in [5, 5.41) is 11.9. The van der Waals surface area contributed by atoms with Gasteiger partial charge in [-0.3, -0.25) is 9.69 Å². The zero-order valence-corrected chi connectivity index (χ0v) is 20.9. The second-order valence-electron chi connectivity index (χ2n) is 10.2. The second-order valence-corrected chi connectivity index (χ2v) is 10.2. The Morgan fingerprint density at radius 2 is 1.26 bits per heavy atom. The van der Waals surface area contributed by atoms with Gasteiger partial charge in [0.05, 0.1) is 6.10 Å². The summed E-state index contributed by atoms with van der Waals surface area (Å²) in [6, 6.07) is 31.1. The molecule has 0 bridgehead atoms. The lowest BCUT2D eigenvalue weighted by Crippen LogP contribution is -2.49. The molecule has 0 unspecified atom stereocenters. The highest BCUT2D eigenvalue weighted by molar-refractivity contribution is 5.79. The lowest BCUT2D eigenvalue weighted by Gasteiger charge is -2.38. The highest BCUT2D eigenvalue weighted by Crippen LogP contribution is 2.34. The molecule has 1 aliphatic carbocycles. The van der Waals surface area contributed by atoms with E-state index in [-0.39, 0.29) is 17.7 Å². The molecule has 3 aromatic rings. The molecule has 0 aliphatic heterocycles. The zero-order chi connectivity index (χ0) is 24.5. The third-order valence-corrected chi connectivity index (χ3v) is 7.60. The largest absolute Gasteiger partial charge is 0.391 e. The summed E-state index contributed by atoms with van der Waals surface area (Å²) < 4.78 is 0. The van der Waals surface area contributed by atoms with Crippen LogP contribution in [0.15, 0.2) is 91.0 Å². The fourth-order valence-corrected chi connectivity index (χ4v) is 5.67. The molecule has 1 saturated carbocycles. The Balaban J connectivity index is 1.67. The van der Waals surface area contributed by atoms with Crippen molar-refractivity contribution in [2.45, 2.75) is 70.7 Å². The highest BCUT2D eigenvalue weighted by Gasteiger charge is 2.36. The summed E-state index contributed by atoms with van der Waals surface area (Å²) in [5.41, 5.74) is 3.61. The van der Waals surface area contributed by atoms with Crippen LogP contribution in [0.5, 0.6) is 0 Å². The van der Waals surface area contributed by atoms with Crippen LogP contribution < -0.4 is 0 Å². The summed E-state index contributed by atoms with van der Waals surface area (Å²) in [4.78, 5) is 15.3. The van der Waals surface area contributed by atoms with Gasteiger partial charge in [0.25, 0.3) is 0 Å². The van der Waals surface area contributed by atoms with E-state index < -0.39 is 6.10 Å². The Morgan fingerprint density at radius 1 is 0.800 bits per heavy atom. The number of ketones is 1. The van der Waals surface area contributed by atoms with Crippen molar-refractivity contribution in [3.05, 3.63) is 108 Å². The normalized spacial score (nSPS) is 16.8.